The molecule has 0 aromatic heterocycles. The first kappa shape index (κ1) is 27.7. The standard InChI is InChI=1S/C27H27ClN2O7S/c1-18-5-9-22(10-6-18)38(34,35)37-15-14-36-26-4-3-13-29(25-12-7-20(28)17-24(25)26)27(31)23-11-8-21(30(32)33)16-19(23)2/h5-12,16-17,26H,3-4,13-15H2,1-2H3. The number of non-ortho nitro benzene ring substituents is 1. The molecule has 0 aliphatic carbocycles. The zero-order valence-corrected chi connectivity index (χ0v) is 22.5. The molecular weight excluding hydrogens is 532 g/mol. The number of hydrogen-bond donors (Lipinski definition) is 0. The van der Waals surface area contributed by atoms with E-state index in [2.05, 4.69) is 0 Å². The minimum Gasteiger partial charge on any atom is -0.371 e. The zero-order valence-electron chi connectivity index (χ0n) is 20.9. The van der Waals surface area contributed by atoms with E-state index in [0.29, 0.717) is 46.8 Å². The number of ether oxygens (including phenoxy) is 1. The lowest BCUT2D eigenvalue weighted by Gasteiger charge is -2.25. The van der Waals surface area contributed by atoms with Gasteiger partial charge in [-0.25, -0.2) is 0 Å². The smallest absolute Gasteiger partial charge is 0.297 e. The van der Waals surface area contributed by atoms with Gasteiger partial charge in [0.1, 0.15) is 0 Å². The first-order valence-corrected chi connectivity index (χ1v) is 13.8. The topological polar surface area (TPSA) is 116 Å². The van der Waals surface area contributed by atoms with Gasteiger partial charge >= 0.3 is 0 Å². The van der Waals surface area contributed by atoms with Crippen molar-refractivity contribution < 1.29 is 27.1 Å². The summed E-state index contributed by atoms with van der Waals surface area (Å²) in [5, 5.41) is 11.6. The van der Waals surface area contributed by atoms with Crippen LogP contribution in [0.15, 0.2) is 65.6 Å². The monoisotopic (exact) mass is 558 g/mol. The van der Waals surface area contributed by atoms with Gasteiger partial charge in [0.25, 0.3) is 21.7 Å². The van der Waals surface area contributed by atoms with Gasteiger partial charge in [0.15, 0.2) is 0 Å². The maximum absolute atomic E-state index is 13.5. The Bertz CT molecular complexity index is 1460. The van der Waals surface area contributed by atoms with Gasteiger partial charge in [0.05, 0.1) is 29.1 Å². The molecule has 200 valence electrons. The van der Waals surface area contributed by atoms with E-state index in [1.807, 2.05) is 6.92 Å². The van der Waals surface area contributed by atoms with Crippen molar-refractivity contribution in [1.29, 1.82) is 0 Å². The van der Waals surface area contributed by atoms with Crippen molar-refractivity contribution in [2.75, 3.05) is 24.7 Å². The van der Waals surface area contributed by atoms with E-state index in [4.69, 9.17) is 20.5 Å². The number of benzene rings is 3. The van der Waals surface area contributed by atoms with Crippen molar-refractivity contribution in [3.05, 3.63) is 98.1 Å². The van der Waals surface area contributed by atoms with Crippen LogP contribution < -0.4 is 4.90 Å². The molecule has 0 saturated carbocycles. The fourth-order valence-electron chi connectivity index (χ4n) is 4.38. The minimum atomic E-state index is -3.91. The summed E-state index contributed by atoms with van der Waals surface area (Å²) in [7, 11) is -3.91. The summed E-state index contributed by atoms with van der Waals surface area (Å²) < 4.78 is 36.1. The summed E-state index contributed by atoms with van der Waals surface area (Å²) in [6, 6.07) is 15.7. The third-order valence-corrected chi connectivity index (χ3v) is 7.88. The summed E-state index contributed by atoms with van der Waals surface area (Å²) in [6.07, 6.45) is 0.739. The fraction of sp³-hybridized carbons (Fsp3) is 0.296. The molecule has 0 fully saturated rings. The van der Waals surface area contributed by atoms with E-state index in [1.54, 1.807) is 42.2 Å². The average molecular weight is 559 g/mol. The lowest BCUT2D eigenvalue weighted by molar-refractivity contribution is -0.384. The van der Waals surface area contributed by atoms with Crippen LogP contribution in [0.1, 0.15) is 46.0 Å². The molecule has 1 aliphatic heterocycles. The highest BCUT2D eigenvalue weighted by Crippen LogP contribution is 2.38. The van der Waals surface area contributed by atoms with E-state index < -0.39 is 21.1 Å². The van der Waals surface area contributed by atoms with Gasteiger partial charge in [-0.1, -0.05) is 29.3 Å². The first-order chi connectivity index (χ1) is 18.1. The molecule has 9 nitrogen and oxygen atoms in total. The fourth-order valence-corrected chi connectivity index (χ4v) is 5.45. The Morgan fingerprint density at radius 1 is 1.08 bits per heavy atom. The molecule has 11 heteroatoms. The Kier molecular flexibility index (Phi) is 8.47. The minimum absolute atomic E-state index is 0.0110. The molecule has 1 unspecified atom stereocenters. The summed E-state index contributed by atoms with van der Waals surface area (Å²) in [6.45, 7) is 3.77. The van der Waals surface area contributed by atoms with Crippen LogP contribution >= 0.6 is 11.6 Å². The molecule has 0 bridgehead atoms. The van der Waals surface area contributed by atoms with Crippen LogP contribution in [-0.2, 0) is 19.0 Å². The Morgan fingerprint density at radius 2 is 1.82 bits per heavy atom. The molecule has 3 aromatic rings. The highest BCUT2D eigenvalue weighted by atomic mass is 35.5. The number of hydrogen-bond acceptors (Lipinski definition) is 7. The Hall–Kier alpha value is -3.31. The number of carbonyl (C=O) groups is 1. The maximum Gasteiger partial charge on any atom is 0.297 e. The molecule has 0 spiro atoms. The van der Waals surface area contributed by atoms with Gasteiger partial charge in [-0.15, -0.1) is 0 Å². The molecule has 0 N–H and O–H groups in total. The Labute approximate surface area is 226 Å². The van der Waals surface area contributed by atoms with Crippen molar-refractivity contribution in [2.24, 2.45) is 0 Å². The van der Waals surface area contributed by atoms with Crippen LogP contribution in [0, 0.1) is 24.0 Å². The van der Waals surface area contributed by atoms with E-state index >= 15 is 0 Å². The number of aryl methyl sites for hydroxylation is 2. The van der Waals surface area contributed by atoms with Crippen LogP contribution in [0.5, 0.6) is 0 Å². The predicted octanol–water partition coefficient (Wildman–Crippen LogP) is 5.77. The van der Waals surface area contributed by atoms with Gasteiger partial charge in [0.2, 0.25) is 0 Å². The molecule has 4 rings (SSSR count). The zero-order chi connectivity index (χ0) is 27.4. The molecule has 1 atom stereocenters. The third kappa shape index (κ3) is 6.21. The summed E-state index contributed by atoms with van der Waals surface area (Å²) in [5.74, 6) is -0.283. The van der Waals surface area contributed by atoms with E-state index in [9.17, 15) is 23.3 Å². The van der Waals surface area contributed by atoms with Crippen molar-refractivity contribution in [3.8, 4) is 0 Å². The van der Waals surface area contributed by atoms with Gasteiger partial charge in [-0.3, -0.25) is 19.1 Å². The molecule has 0 saturated heterocycles. The average Bonchev–Trinajstić information content (AvgIpc) is 3.05. The number of nitrogens with zero attached hydrogens (tertiary/aromatic N) is 2. The van der Waals surface area contributed by atoms with E-state index in [-0.39, 0.29) is 29.7 Å². The number of nitro benzene ring substituents is 1. The number of nitro groups is 1. The summed E-state index contributed by atoms with van der Waals surface area (Å²) in [5.41, 5.74) is 3.04. The first-order valence-electron chi connectivity index (χ1n) is 12.0. The predicted molar refractivity (Wildman–Crippen MR) is 143 cm³/mol. The highest BCUT2D eigenvalue weighted by molar-refractivity contribution is 7.86. The summed E-state index contributed by atoms with van der Waals surface area (Å²) in [4.78, 5) is 25.8. The Balaban J connectivity index is 1.50. The number of halogens is 1. The number of rotatable bonds is 8. The van der Waals surface area contributed by atoms with E-state index in [1.165, 1.54) is 30.3 Å². The second kappa shape index (κ2) is 11.6. The molecule has 3 aromatic carbocycles. The van der Waals surface area contributed by atoms with Gasteiger partial charge < -0.3 is 9.64 Å². The van der Waals surface area contributed by atoms with Gasteiger partial charge in [-0.05, 0) is 68.7 Å². The number of anilines is 1. The van der Waals surface area contributed by atoms with Gasteiger partial charge in [0, 0.05) is 40.5 Å². The van der Waals surface area contributed by atoms with Crippen molar-refractivity contribution in [1.82, 2.24) is 0 Å². The second-order valence-corrected chi connectivity index (χ2v) is 11.1. The maximum atomic E-state index is 13.5. The highest BCUT2D eigenvalue weighted by Gasteiger charge is 2.29. The largest absolute Gasteiger partial charge is 0.371 e. The SMILES string of the molecule is Cc1ccc(S(=O)(=O)OCCOC2CCCN(C(=O)c3ccc([N+](=O)[O-])cc3C)c3ccc(Cl)cc32)cc1. The van der Waals surface area contributed by atoms with Crippen LogP contribution in [-0.4, -0.2) is 39.0 Å². The molecule has 0 radical (unpaired) electrons. The van der Waals surface area contributed by atoms with Crippen LogP contribution in [0.25, 0.3) is 0 Å². The van der Waals surface area contributed by atoms with Crippen LogP contribution in [0.2, 0.25) is 5.02 Å². The van der Waals surface area contributed by atoms with E-state index in [0.717, 1.165) is 5.56 Å². The molecule has 38 heavy (non-hydrogen) atoms. The number of fused-ring (bicyclic) bond motifs is 1. The van der Waals surface area contributed by atoms with Gasteiger partial charge in [-0.2, -0.15) is 8.42 Å². The number of carbonyl (C=O) groups excluding carboxylic acids is 1. The summed E-state index contributed by atoms with van der Waals surface area (Å²) >= 11 is 6.29. The third-order valence-electron chi connectivity index (χ3n) is 6.32. The molecular formula is C27H27ClN2O7S. The quantitative estimate of drug-likeness (QED) is 0.149. The van der Waals surface area contributed by atoms with Crippen LogP contribution in [0.3, 0.4) is 0 Å². The van der Waals surface area contributed by atoms with Crippen molar-refractivity contribution >= 4 is 39.0 Å². The normalized spacial score (nSPS) is 15.6. The van der Waals surface area contributed by atoms with Crippen molar-refractivity contribution in [3.63, 3.8) is 0 Å². The second-order valence-electron chi connectivity index (χ2n) is 9.01. The lowest BCUT2D eigenvalue weighted by Crippen LogP contribution is -2.32. The Morgan fingerprint density at radius 3 is 2.50 bits per heavy atom. The number of amides is 1. The van der Waals surface area contributed by atoms with Crippen molar-refractivity contribution in [2.45, 2.75) is 37.7 Å². The molecule has 1 amide bonds. The molecule has 1 aliphatic rings. The van der Waals surface area contributed by atoms with Crippen LogP contribution in [0.4, 0.5) is 11.4 Å². The molecule has 1 heterocycles. The lowest BCUT2D eigenvalue weighted by atomic mass is 10.0.